The standard InChI is InChI=1S/C22H36Br2O4/c1-13(25)28-15-11-20(4)17(24)6-8-21(5,26)18(20)14(15)10-22(27)9-7-16(23)19(2,3)12-22/h14-18,26-27H,6-12H2,1-5H3/t14-,15-,16+,17+,18+,20-,21-,22+/m1/s1. The summed E-state index contributed by atoms with van der Waals surface area (Å²) in [5, 5.41) is 23.0. The zero-order valence-corrected chi connectivity index (χ0v) is 21.0. The maximum atomic E-state index is 11.9. The van der Waals surface area contributed by atoms with E-state index in [-0.39, 0.29) is 39.6 Å². The molecule has 0 heterocycles. The summed E-state index contributed by atoms with van der Waals surface area (Å²) in [6.45, 7) is 10.00. The van der Waals surface area contributed by atoms with E-state index in [1.807, 2.05) is 6.92 Å². The van der Waals surface area contributed by atoms with Crippen LogP contribution < -0.4 is 0 Å². The molecule has 3 fully saturated rings. The molecule has 3 aliphatic rings. The molecule has 0 unspecified atom stereocenters. The third kappa shape index (κ3) is 4.09. The maximum absolute atomic E-state index is 11.9. The molecule has 162 valence electrons. The lowest BCUT2D eigenvalue weighted by atomic mass is 9.58. The van der Waals surface area contributed by atoms with Gasteiger partial charge in [0.05, 0.1) is 11.2 Å². The fourth-order valence-electron chi connectivity index (χ4n) is 6.85. The summed E-state index contributed by atoms with van der Waals surface area (Å²) < 4.78 is 5.79. The van der Waals surface area contributed by atoms with Crippen LogP contribution >= 0.6 is 31.9 Å². The van der Waals surface area contributed by atoms with Crippen LogP contribution in [0.2, 0.25) is 0 Å². The summed E-state index contributed by atoms with van der Waals surface area (Å²) in [6, 6.07) is 0. The number of hydrogen-bond acceptors (Lipinski definition) is 4. The average Bonchev–Trinajstić information content (AvgIpc) is 2.81. The first-order valence-corrected chi connectivity index (χ1v) is 12.4. The topological polar surface area (TPSA) is 66.8 Å². The quantitative estimate of drug-likeness (QED) is 0.405. The van der Waals surface area contributed by atoms with Gasteiger partial charge in [-0.05, 0) is 62.7 Å². The minimum absolute atomic E-state index is 0.00111. The third-order valence-corrected chi connectivity index (χ3v) is 11.2. The number of fused-ring (bicyclic) bond motifs is 1. The van der Waals surface area contributed by atoms with Crippen molar-refractivity contribution >= 4 is 37.8 Å². The van der Waals surface area contributed by atoms with Gasteiger partial charge in [0.1, 0.15) is 6.10 Å². The Morgan fingerprint density at radius 3 is 2.25 bits per heavy atom. The largest absolute Gasteiger partial charge is 0.462 e. The molecule has 4 nitrogen and oxygen atoms in total. The zero-order valence-electron chi connectivity index (χ0n) is 17.8. The number of carbonyl (C=O) groups is 1. The van der Waals surface area contributed by atoms with Gasteiger partial charge in [-0.3, -0.25) is 4.79 Å². The van der Waals surface area contributed by atoms with Crippen molar-refractivity contribution in [3.63, 3.8) is 0 Å². The minimum Gasteiger partial charge on any atom is -0.462 e. The summed E-state index contributed by atoms with van der Waals surface area (Å²) in [4.78, 5) is 12.5. The molecule has 8 atom stereocenters. The van der Waals surface area contributed by atoms with Crippen LogP contribution in [0.1, 0.15) is 79.6 Å². The number of carbonyl (C=O) groups excluding carboxylic acids is 1. The van der Waals surface area contributed by atoms with E-state index in [9.17, 15) is 15.0 Å². The second-order valence-electron chi connectivity index (χ2n) is 11.0. The molecule has 6 heteroatoms. The summed E-state index contributed by atoms with van der Waals surface area (Å²) >= 11 is 7.65. The lowest BCUT2D eigenvalue weighted by molar-refractivity contribution is -0.154. The van der Waals surface area contributed by atoms with E-state index in [4.69, 9.17) is 4.74 Å². The molecule has 2 N–H and O–H groups in total. The second-order valence-corrected chi connectivity index (χ2v) is 13.2. The van der Waals surface area contributed by atoms with Gasteiger partial charge in [-0.15, -0.1) is 0 Å². The van der Waals surface area contributed by atoms with Crippen molar-refractivity contribution in [1.29, 1.82) is 0 Å². The number of alkyl halides is 2. The lowest BCUT2D eigenvalue weighted by Crippen LogP contribution is -2.54. The molecular formula is C22H36Br2O4. The number of aliphatic hydroxyl groups is 2. The molecular weight excluding hydrogens is 488 g/mol. The summed E-state index contributed by atoms with van der Waals surface area (Å²) in [5.74, 6) is -0.340. The molecule has 0 aromatic rings. The molecule has 28 heavy (non-hydrogen) atoms. The summed E-state index contributed by atoms with van der Waals surface area (Å²) in [5.41, 5.74) is -1.78. The van der Waals surface area contributed by atoms with Crippen molar-refractivity contribution in [2.75, 3.05) is 0 Å². The highest BCUT2D eigenvalue weighted by molar-refractivity contribution is 9.09. The Hall–Kier alpha value is 0.350. The second kappa shape index (κ2) is 7.49. The van der Waals surface area contributed by atoms with Gasteiger partial charge in [0, 0.05) is 28.4 Å². The average molecular weight is 524 g/mol. The highest BCUT2D eigenvalue weighted by atomic mass is 79.9. The van der Waals surface area contributed by atoms with Gasteiger partial charge in [-0.25, -0.2) is 0 Å². The zero-order chi connectivity index (χ0) is 21.1. The Morgan fingerprint density at radius 1 is 1.07 bits per heavy atom. The van der Waals surface area contributed by atoms with Crippen molar-refractivity contribution in [2.24, 2.45) is 22.7 Å². The van der Waals surface area contributed by atoms with Crippen LogP contribution in [0.15, 0.2) is 0 Å². The fraction of sp³-hybridized carbons (Fsp3) is 0.955. The summed E-state index contributed by atoms with van der Waals surface area (Å²) in [7, 11) is 0. The molecule has 0 aromatic carbocycles. The Bertz CT molecular complexity index is 622. The number of ether oxygens (including phenoxy) is 1. The molecule has 0 radical (unpaired) electrons. The molecule has 0 aliphatic heterocycles. The number of hydrogen-bond donors (Lipinski definition) is 2. The Balaban J connectivity index is 1.94. The number of rotatable bonds is 3. The van der Waals surface area contributed by atoms with Gasteiger partial charge in [0.2, 0.25) is 0 Å². The van der Waals surface area contributed by atoms with Gasteiger partial charge in [-0.2, -0.15) is 0 Å². The van der Waals surface area contributed by atoms with Crippen LogP contribution in [0.4, 0.5) is 0 Å². The van der Waals surface area contributed by atoms with Gasteiger partial charge in [0.25, 0.3) is 0 Å². The van der Waals surface area contributed by atoms with Gasteiger partial charge < -0.3 is 14.9 Å². The van der Waals surface area contributed by atoms with Gasteiger partial charge in [0.15, 0.2) is 0 Å². The Kier molecular flexibility index (Phi) is 6.16. The molecule has 0 bridgehead atoms. The predicted octanol–water partition coefficient (Wildman–Crippen LogP) is 4.96. The van der Waals surface area contributed by atoms with Crippen LogP contribution in [0, 0.1) is 22.7 Å². The normalized spacial score (nSPS) is 50.8. The van der Waals surface area contributed by atoms with E-state index in [1.165, 1.54) is 6.92 Å². The van der Waals surface area contributed by atoms with Crippen molar-refractivity contribution in [2.45, 2.75) is 107 Å². The van der Waals surface area contributed by atoms with Crippen molar-refractivity contribution in [3.8, 4) is 0 Å². The highest BCUT2D eigenvalue weighted by Gasteiger charge is 2.64. The van der Waals surface area contributed by atoms with Crippen molar-refractivity contribution < 1.29 is 19.7 Å². The van der Waals surface area contributed by atoms with Crippen molar-refractivity contribution in [3.05, 3.63) is 0 Å². The molecule has 3 saturated carbocycles. The predicted molar refractivity (Wildman–Crippen MR) is 118 cm³/mol. The first-order valence-electron chi connectivity index (χ1n) is 10.6. The summed E-state index contributed by atoms with van der Waals surface area (Å²) in [6.07, 6.45) is 5.04. The third-order valence-electron chi connectivity index (χ3n) is 7.98. The molecule has 3 aliphatic carbocycles. The monoisotopic (exact) mass is 522 g/mol. The van der Waals surface area contributed by atoms with Crippen LogP contribution in [-0.2, 0) is 9.53 Å². The van der Waals surface area contributed by atoms with Gasteiger partial charge >= 0.3 is 5.97 Å². The first kappa shape index (κ1) is 23.0. The van der Waals surface area contributed by atoms with Gasteiger partial charge in [-0.1, -0.05) is 52.6 Å². The van der Waals surface area contributed by atoms with Crippen LogP contribution in [0.25, 0.3) is 0 Å². The molecule has 3 rings (SSSR count). The van der Waals surface area contributed by atoms with Crippen molar-refractivity contribution in [1.82, 2.24) is 0 Å². The van der Waals surface area contributed by atoms with Crippen LogP contribution in [0.3, 0.4) is 0 Å². The molecule has 0 aromatic heterocycles. The van der Waals surface area contributed by atoms with Crippen LogP contribution in [-0.4, -0.2) is 43.1 Å². The van der Waals surface area contributed by atoms with E-state index in [1.54, 1.807) is 0 Å². The van der Waals surface area contributed by atoms with E-state index in [0.717, 1.165) is 32.1 Å². The lowest BCUT2D eigenvalue weighted by Gasteiger charge is -2.52. The molecule has 0 amide bonds. The number of halogens is 2. The number of esters is 1. The Morgan fingerprint density at radius 2 is 1.68 bits per heavy atom. The first-order chi connectivity index (χ1) is 12.7. The molecule has 0 spiro atoms. The smallest absolute Gasteiger partial charge is 0.302 e. The fourth-order valence-corrected chi connectivity index (χ4v) is 7.94. The van der Waals surface area contributed by atoms with E-state index >= 15 is 0 Å². The van der Waals surface area contributed by atoms with Crippen LogP contribution in [0.5, 0.6) is 0 Å². The maximum Gasteiger partial charge on any atom is 0.302 e. The SMILES string of the molecule is CC(=O)O[C@@H]1C[C@]2(C)[C@@H](Br)CC[C@@](C)(O)[C@H]2[C@@H]1C[C@@]1(O)CC[C@H](Br)C(C)(C)C1. The minimum atomic E-state index is -0.822. The van der Waals surface area contributed by atoms with E-state index in [2.05, 4.69) is 52.6 Å². The molecule has 0 saturated heterocycles. The Labute approximate surface area is 186 Å². The van der Waals surface area contributed by atoms with E-state index < -0.39 is 11.2 Å². The van der Waals surface area contributed by atoms with E-state index in [0.29, 0.717) is 17.7 Å². The highest BCUT2D eigenvalue weighted by Crippen LogP contribution is 2.63.